The van der Waals surface area contributed by atoms with Gasteiger partial charge in [-0.1, -0.05) is 12.1 Å². The molecule has 16 heavy (non-hydrogen) atoms. The van der Waals surface area contributed by atoms with Crippen molar-refractivity contribution in [1.82, 2.24) is 4.90 Å². The first-order valence-electron chi connectivity index (χ1n) is 5.95. The largest absolute Gasteiger partial charge is 0.508 e. The molecule has 3 nitrogen and oxygen atoms in total. The second kappa shape index (κ2) is 4.07. The van der Waals surface area contributed by atoms with E-state index in [0.717, 1.165) is 19.6 Å². The molecule has 86 valence electrons. The first-order chi connectivity index (χ1) is 7.79. The van der Waals surface area contributed by atoms with Crippen molar-refractivity contribution in [2.24, 2.45) is 0 Å². The van der Waals surface area contributed by atoms with Gasteiger partial charge in [0.1, 0.15) is 5.75 Å². The summed E-state index contributed by atoms with van der Waals surface area (Å²) in [5, 5.41) is 9.42. The molecule has 0 spiro atoms. The van der Waals surface area contributed by atoms with E-state index in [0.29, 0.717) is 18.0 Å². The van der Waals surface area contributed by atoms with E-state index >= 15 is 0 Å². The lowest BCUT2D eigenvalue weighted by molar-refractivity contribution is -0.0410. The van der Waals surface area contributed by atoms with E-state index in [2.05, 4.69) is 11.0 Å². The number of hydrogen-bond acceptors (Lipinski definition) is 3. The van der Waals surface area contributed by atoms with Gasteiger partial charge in [0.05, 0.1) is 12.2 Å². The van der Waals surface area contributed by atoms with Crippen molar-refractivity contribution in [3.05, 3.63) is 29.8 Å². The Morgan fingerprint density at radius 2 is 2.00 bits per heavy atom. The Kier molecular flexibility index (Phi) is 2.58. The number of ether oxygens (including phenoxy) is 1. The smallest absolute Gasteiger partial charge is 0.115 e. The zero-order valence-electron chi connectivity index (χ0n) is 9.30. The Labute approximate surface area is 95.6 Å². The van der Waals surface area contributed by atoms with Crippen molar-refractivity contribution in [1.29, 1.82) is 0 Å². The highest BCUT2D eigenvalue weighted by atomic mass is 16.5. The normalized spacial score (nSPS) is 29.5. The number of hydrogen-bond donors (Lipinski definition) is 1. The fourth-order valence-corrected chi connectivity index (χ4v) is 2.74. The average molecular weight is 219 g/mol. The maximum Gasteiger partial charge on any atom is 0.115 e. The molecule has 3 heteroatoms. The molecule has 2 unspecified atom stereocenters. The topological polar surface area (TPSA) is 32.7 Å². The Balaban J connectivity index is 1.67. The highest BCUT2D eigenvalue weighted by molar-refractivity contribution is 5.27. The number of rotatable bonds is 2. The second-order valence-corrected chi connectivity index (χ2v) is 4.82. The van der Waals surface area contributed by atoms with Crippen LogP contribution in [0.5, 0.6) is 5.75 Å². The second-order valence-electron chi connectivity index (χ2n) is 4.82. The van der Waals surface area contributed by atoms with Gasteiger partial charge in [-0.2, -0.15) is 0 Å². The van der Waals surface area contributed by atoms with Gasteiger partial charge in [0, 0.05) is 19.6 Å². The SMILES string of the molecule is Oc1cccc(CN2CC3CCC(C2)O3)c1. The van der Waals surface area contributed by atoms with Gasteiger partial charge in [-0.05, 0) is 30.5 Å². The van der Waals surface area contributed by atoms with Crippen LogP contribution in [0, 0.1) is 0 Å². The minimum absolute atomic E-state index is 0.355. The highest BCUT2D eigenvalue weighted by Crippen LogP contribution is 2.27. The standard InChI is InChI=1S/C13H17NO2/c15-11-3-1-2-10(6-11)7-14-8-12-4-5-13(9-14)16-12/h1-3,6,12-13,15H,4-5,7-9H2. The van der Waals surface area contributed by atoms with Crippen molar-refractivity contribution in [3.63, 3.8) is 0 Å². The van der Waals surface area contributed by atoms with E-state index in [4.69, 9.17) is 4.74 Å². The van der Waals surface area contributed by atoms with Crippen molar-refractivity contribution in [2.75, 3.05) is 13.1 Å². The number of likely N-dealkylation sites (tertiary alicyclic amines) is 1. The monoisotopic (exact) mass is 219 g/mol. The van der Waals surface area contributed by atoms with Gasteiger partial charge in [-0.15, -0.1) is 0 Å². The van der Waals surface area contributed by atoms with Gasteiger partial charge in [-0.3, -0.25) is 4.90 Å². The Morgan fingerprint density at radius 3 is 2.69 bits per heavy atom. The lowest BCUT2D eigenvalue weighted by Gasteiger charge is -2.32. The number of nitrogens with zero attached hydrogens (tertiary/aromatic N) is 1. The molecule has 2 fully saturated rings. The van der Waals surface area contributed by atoms with Crippen LogP contribution in [0.3, 0.4) is 0 Å². The molecule has 1 aromatic carbocycles. The molecule has 0 radical (unpaired) electrons. The molecule has 2 aliphatic rings. The van der Waals surface area contributed by atoms with Gasteiger partial charge in [-0.25, -0.2) is 0 Å². The third-order valence-electron chi connectivity index (χ3n) is 3.44. The number of phenols is 1. The van der Waals surface area contributed by atoms with Crippen molar-refractivity contribution >= 4 is 0 Å². The van der Waals surface area contributed by atoms with E-state index in [1.807, 2.05) is 12.1 Å². The quantitative estimate of drug-likeness (QED) is 0.822. The lowest BCUT2D eigenvalue weighted by atomic mass is 10.2. The van der Waals surface area contributed by atoms with E-state index in [9.17, 15) is 5.11 Å². The first kappa shape index (κ1) is 10.1. The number of phenolic OH excluding ortho intramolecular Hbond substituents is 1. The fraction of sp³-hybridized carbons (Fsp3) is 0.538. The number of fused-ring (bicyclic) bond motifs is 2. The molecule has 2 heterocycles. The zero-order valence-corrected chi connectivity index (χ0v) is 9.30. The van der Waals surface area contributed by atoms with Crippen molar-refractivity contribution in [2.45, 2.75) is 31.6 Å². The molecule has 1 N–H and O–H groups in total. The predicted octanol–water partition coefficient (Wildman–Crippen LogP) is 1.76. The zero-order chi connectivity index (χ0) is 11.0. The third kappa shape index (κ3) is 2.06. The number of aromatic hydroxyl groups is 1. The molecule has 2 bridgehead atoms. The summed E-state index contributed by atoms with van der Waals surface area (Å²) in [5.41, 5.74) is 1.18. The van der Waals surface area contributed by atoms with Crippen LogP contribution >= 0.6 is 0 Å². The molecule has 2 saturated heterocycles. The molecule has 2 aliphatic heterocycles. The van der Waals surface area contributed by atoms with Gasteiger partial charge < -0.3 is 9.84 Å². The fourth-order valence-electron chi connectivity index (χ4n) is 2.74. The summed E-state index contributed by atoms with van der Waals surface area (Å²) >= 11 is 0. The van der Waals surface area contributed by atoms with Crippen LogP contribution in [0.25, 0.3) is 0 Å². The molecule has 0 amide bonds. The third-order valence-corrected chi connectivity index (χ3v) is 3.44. The molecule has 2 atom stereocenters. The van der Waals surface area contributed by atoms with Gasteiger partial charge in [0.15, 0.2) is 0 Å². The Bertz CT molecular complexity index is 368. The molecular weight excluding hydrogens is 202 g/mol. The van der Waals surface area contributed by atoms with Crippen LogP contribution in [0.15, 0.2) is 24.3 Å². The predicted molar refractivity (Wildman–Crippen MR) is 61.3 cm³/mol. The first-order valence-corrected chi connectivity index (χ1v) is 5.95. The Morgan fingerprint density at radius 1 is 1.25 bits per heavy atom. The van der Waals surface area contributed by atoms with Crippen LogP contribution in [-0.2, 0) is 11.3 Å². The summed E-state index contributed by atoms with van der Waals surface area (Å²) in [6.07, 6.45) is 3.30. The minimum atomic E-state index is 0.355. The van der Waals surface area contributed by atoms with Gasteiger partial charge in [0.2, 0.25) is 0 Å². The maximum atomic E-state index is 9.42. The van der Waals surface area contributed by atoms with Crippen molar-refractivity contribution in [3.8, 4) is 5.75 Å². The molecular formula is C13H17NO2. The summed E-state index contributed by atoms with van der Waals surface area (Å²) < 4.78 is 5.80. The van der Waals surface area contributed by atoms with E-state index in [-0.39, 0.29) is 0 Å². The van der Waals surface area contributed by atoms with Gasteiger partial charge >= 0.3 is 0 Å². The molecule has 1 aromatic rings. The molecule has 0 aliphatic carbocycles. The van der Waals surface area contributed by atoms with E-state index in [1.54, 1.807) is 6.07 Å². The average Bonchev–Trinajstić information content (AvgIpc) is 2.58. The van der Waals surface area contributed by atoms with Gasteiger partial charge in [0.25, 0.3) is 0 Å². The van der Waals surface area contributed by atoms with Crippen LogP contribution in [-0.4, -0.2) is 35.3 Å². The van der Waals surface area contributed by atoms with Crippen LogP contribution in [0.4, 0.5) is 0 Å². The van der Waals surface area contributed by atoms with Crippen LogP contribution < -0.4 is 0 Å². The minimum Gasteiger partial charge on any atom is -0.508 e. The van der Waals surface area contributed by atoms with E-state index < -0.39 is 0 Å². The summed E-state index contributed by atoms with van der Waals surface area (Å²) in [4.78, 5) is 2.43. The van der Waals surface area contributed by atoms with E-state index in [1.165, 1.54) is 18.4 Å². The van der Waals surface area contributed by atoms with Crippen molar-refractivity contribution < 1.29 is 9.84 Å². The molecule has 3 rings (SSSR count). The maximum absolute atomic E-state index is 9.42. The van der Waals surface area contributed by atoms with Crippen LogP contribution in [0.2, 0.25) is 0 Å². The number of benzene rings is 1. The lowest BCUT2D eigenvalue weighted by Crippen LogP contribution is -2.41. The molecule has 0 saturated carbocycles. The molecule has 0 aromatic heterocycles. The number of morpholine rings is 1. The highest BCUT2D eigenvalue weighted by Gasteiger charge is 2.33. The summed E-state index contributed by atoms with van der Waals surface area (Å²) in [6.45, 7) is 2.99. The Hall–Kier alpha value is -1.06. The van der Waals surface area contributed by atoms with Crippen LogP contribution in [0.1, 0.15) is 18.4 Å². The summed E-state index contributed by atoms with van der Waals surface area (Å²) in [6, 6.07) is 7.53. The summed E-state index contributed by atoms with van der Waals surface area (Å²) in [7, 11) is 0. The summed E-state index contributed by atoms with van der Waals surface area (Å²) in [5.74, 6) is 0.355.